The van der Waals surface area contributed by atoms with Gasteiger partial charge in [-0.1, -0.05) is 236 Å². The first-order valence-corrected chi connectivity index (χ1v) is 45.7. The minimum atomic E-state index is -0.789. The monoisotopic (exact) mass is 2570 g/mol. The molecule has 8 aromatic heterocycles. The fraction of sp³-hybridized carbons (Fsp3) is 0.148. The van der Waals surface area contributed by atoms with Gasteiger partial charge in [0.2, 0.25) is 0 Å². The molecule has 19 heteroatoms. The van der Waals surface area contributed by atoms with Gasteiger partial charge >= 0.3 is 84.3 Å². The topological polar surface area (TPSA) is 132 Å². The molecule has 708 valence electrons. The Bertz CT molecular complexity index is 6890. The van der Waals surface area contributed by atoms with Crippen molar-refractivity contribution in [3.63, 3.8) is 0 Å². The van der Waals surface area contributed by atoms with Gasteiger partial charge in [0.15, 0.2) is 0 Å². The van der Waals surface area contributed by atoms with Crippen LogP contribution in [0.4, 0.5) is 34.9 Å². The first kappa shape index (κ1) is 105. The summed E-state index contributed by atoms with van der Waals surface area (Å²) in [7, 11) is 0. The molecule has 0 atom stereocenters. The molecule has 0 amide bonds. The second-order valence-corrected chi connectivity index (χ2v) is 36.1. The molecule has 1 aliphatic rings. The fourth-order valence-electron chi connectivity index (χ4n) is 17.0. The number of benzene rings is 11. The van der Waals surface area contributed by atoms with Crippen molar-refractivity contribution < 1.29 is 102 Å². The number of anilines is 3. The molecule has 1 fully saturated rings. The van der Waals surface area contributed by atoms with Crippen LogP contribution in [0, 0.1) is 71.8 Å². The van der Waals surface area contributed by atoms with E-state index in [1.807, 2.05) is 189 Å². The number of rotatable bonds is 19. The van der Waals surface area contributed by atoms with Crippen LogP contribution in [0.3, 0.4) is 0 Å². The van der Waals surface area contributed by atoms with Gasteiger partial charge in [0.05, 0.1) is 28.2 Å². The van der Waals surface area contributed by atoms with E-state index in [1.165, 1.54) is 17.5 Å². The van der Waals surface area contributed by atoms with Gasteiger partial charge in [-0.15, -0.1) is 239 Å². The van der Waals surface area contributed by atoms with Gasteiger partial charge in [-0.25, -0.2) is 0 Å². The van der Waals surface area contributed by atoms with Gasteiger partial charge in [0.1, 0.15) is 17.1 Å². The molecule has 0 bridgehead atoms. The Morgan fingerprint density at radius 3 is 0.950 bits per heavy atom. The molecule has 1 saturated carbocycles. The van der Waals surface area contributed by atoms with Crippen LogP contribution in [0.1, 0.15) is 144 Å². The van der Waals surface area contributed by atoms with Crippen molar-refractivity contribution in [1.29, 1.82) is 0 Å². The Balaban J connectivity index is 0.000000158. The van der Waals surface area contributed by atoms with Gasteiger partial charge in [-0.3, -0.25) is 62.3 Å². The Morgan fingerprint density at radius 1 is 0.277 bits per heavy atom. The van der Waals surface area contributed by atoms with E-state index in [4.69, 9.17) is 29.9 Å². The van der Waals surface area contributed by atoms with Crippen LogP contribution in [0.25, 0.3) is 90.1 Å². The van der Waals surface area contributed by atoms with Gasteiger partial charge < -0.3 is 9.97 Å². The molecule has 0 spiro atoms. The van der Waals surface area contributed by atoms with Crippen LogP contribution >= 0.6 is 0 Å². The number of pyridine rings is 6. The van der Waals surface area contributed by atoms with Gasteiger partial charge in [-0.05, 0) is 131 Å². The third kappa shape index (κ3) is 24.7. The fourth-order valence-corrected chi connectivity index (χ4v) is 17.0. The average molecular weight is 2570 g/mol. The van der Waals surface area contributed by atoms with Crippen LogP contribution in [0.5, 0.6) is 0 Å². The Morgan fingerprint density at radius 2 is 0.610 bits per heavy atom. The summed E-state index contributed by atoms with van der Waals surface area (Å²) in [5.74, 6) is -2.27. The van der Waals surface area contributed by atoms with Crippen molar-refractivity contribution in [2.24, 2.45) is 0 Å². The summed E-state index contributed by atoms with van der Waals surface area (Å²) in [6.45, 7) is 17.6. The number of nitrogens with zero attached hydrogens (tertiary/aromatic N) is 11. The maximum atomic E-state index is 14.4. The molecule has 11 nitrogen and oxygen atoms in total. The first-order chi connectivity index (χ1) is 66.5. The number of hydrogen-bond donors (Lipinski definition) is 0. The van der Waals surface area contributed by atoms with E-state index in [1.54, 1.807) is 41.3 Å². The van der Waals surface area contributed by atoms with E-state index < -0.39 is 28.7 Å². The van der Waals surface area contributed by atoms with Crippen LogP contribution in [0.2, 0.25) is 0 Å². The Labute approximate surface area is 881 Å². The quantitative estimate of drug-likeness (QED) is 0.0566. The maximum absolute atomic E-state index is 14.4. The Kier molecular flexibility index (Phi) is 35.6. The van der Waals surface area contributed by atoms with Crippen molar-refractivity contribution >= 4 is 17.3 Å². The zero-order valence-corrected chi connectivity index (χ0v) is 87.7. The third-order valence-electron chi connectivity index (χ3n) is 24.4. The van der Waals surface area contributed by atoms with Gasteiger partial charge in [-0.2, -0.15) is 0 Å². The molecule has 0 N–H and O–H groups in total. The summed E-state index contributed by atoms with van der Waals surface area (Å²) < 4.78 is 55.6. The van der Waals surface area contributed by atoms with E-state index in [2.05, 4.69) is 257 Å². The van der Waals surface area contributed by atoms with Crippen LogP contribution in [0.15, 0.2) is 383 Å². The molecular weight excluding hydrogens is 2480 g/mol. The minimum absolute atomic E-state index is 0. The van der Waals surface area contributed by atoms with Gasteiger partial charge in [0, 0.05) is 81.9 Å². The second kappa shape index (κ2) is 47.8. The summed E-state index contributed by atoms with van der Waals surface area (Å²) in [5.41, 5.74) is 21.6. The minimum Gasteiger partial charge on any atom is -0.300 e. The zero-order valence-electron chi connectivity index (χ0n) is 78.6. The SMILES string of the molecule is CC(C)(C)c1c[c-]c(-c2cncc(C3(c4cncc(-c5[c-]cc(C(C)(C)C)cc5)n4)CCCCC3)n2)cc1.CC(C)(c1cccc(-c2[c-]cccc2)n1)c1cccc(-c2[c-]cccc2)n1.Fc1c[c-]c(-c2cccc(N(c3ccccc3)c3cccc(-c4[c-]cc(F)cc4F)n3)n2)c(F)c1.[Pt+2].[Pt+2].[Pt+2].[Pt+2].[c-]1ccccc1-c1cccc(C(c2ccccc2)(c2ccccc2)c2cccc(-c3[c-]cccc3)n2)n1. The number of hydrogen-bond acceptors (Lipinski definition) is 11. The average Bonchev–Trinajstić information content (AvgIpc) is 0.732. The van der Waals surface area contributed by atoms with E-state index in [-0.39, 0.29) is 128 Å². The smallest absolute Gasteiger partial charge is 0.300 e. The van der Waals surface area contributed by atoms with E-state index in [9.17, 15) is 17.6 Å². The molecule has 0 radical (unpaired) electrons. The van der Waals surface area contributed by atoms with Crippen LogP contribution in [-0.4, -0.2) is 49.8 Å². The van der Waals surface area contributed by atoms with E-state index in [0.717, 1.165) is 163 Å². The van der Waals surface area contributed by atoms with Crippen molar-refractivity contribution in [3.05, 3.63) is 511 Å². The number of aromatic nitrogens is 10. The Hall–Kier alpha value is -13.2. The molecular formula is C122H97F4N11Pt4. The third-order valence-corrected chi connectivity index (χ3v) is 24.4. The maximum Gasteiger partial charge on any atom is 2.00 e. The van der Waals surface area contributed by atoms with Crippen molar-refractivity contribution in [2.75, 3.05) is 4.90 Å². The van der Waals surface area contributed by atoms with Gasteiger partial charge in [0.25, 0.3) is 0 Å². The van der Waals surface area contributed by atoms with E-state index in [0.29, 0.717) is 17.3 Å². The van der Waals surface area contributed by atoms with Crippen LogP contribution < -0.4 is 4.90 Å². The first-order valence-electron chi connectivity index (χ1n) is 45.7. The van der Waals surface area contributed by atoms with Crippen molar-refractivity contribution in [1.82, 2.24) is 49.8 Å². The summed E-state index contributed by atoms with van der Waals surface area (Å²) in [6.07, 6.45) is 13.0. The molecule has 8 heterocycles. The predicted octanol–water partition coefficient (Wildman–Crippen LogP) is 29.0. The van der Waals surface area contributed by atoms with Crippen molar-refractivity contribution in [3.8, 4) is 90.1 Å². The molecule has 1 aliphatic carbocycles. The molecule has 0 saturated heterocycles. The summed E-state index contributed by atoms with van der Waals surface area (Å²) in [4.78, 5) is 50.9. The predicted molar refractivity (Wildman–Crippen MR) is 537 cm³/mol. The van der Waals surface area contributed by atoms with Crippen LogP contribution in [-0.2, 0) is 111 Å². The second-order valence-electron chi connectivity index (χ2n) is 36.1. The summed E-state index contributed by atoms with van der Waals surface area (Å²) >= 11 is 0. The number of halogens is 4. The van der Waals surface area contributed by atoms with E-state index >= 15 is 0 Å². The zero-order chi connectivity index (χ0) is 94.9. The normalized spacial score (nSPS) is 12.1. The molecule has 0 unspecified atom stereocenters. The summed E-state index contributed by atoms with van der Waals surface area (Å²) in [5, 5.41) is 0. The largest absolute Gasteiger partial charge is 2.00 e. The standard InChI is InChI=1S/C35H24N2.C34H38N4.C28H15F4N3.C25H20N2.4Pt/c1-5-15-27(16-6-1)31-23-13-25-33(36-31)35(29-19-9-3-10-20-29,30-21-11-4-12-22-30)34-26-14-24-32(37-34)28-17-7-2-8-18-28;1-32(2,3)26-14-10-24(11-15-26)28-20-35-22-30(37-28)34(18-8-7-9-19-34)31-23-36-21-29(38-31)25-12-16-27(17-13-25)33(4,5)6;29-18-12-14-21(23(31)16-18)25-8-4-10-27(33-25)35(20-6-2-1-3-7-20)28-11-5-9-26(34-28)22-15-13-19(30)17-24(22)32;1-25(2,23-17-9-15-21(26-23)19-11-5-3-6-12-19)24-18-10-16-22(27-24)20-13-7-4-8-14-20;;;;/h1-15,17,19-26H;10,12,14-17,20-23H,7-9,18-19H2,1-6H3;1-13,16-17H;3-11,13,15-18H,1-2H3;;;;/q4*-2;4*+2. The molecule has 0 aliphatic heterocycles. The van der Waals surface area contributed by atoms with Crippen molar-refractivity contribution in [2.45, 2.75) is 115 Å². The summed E-state index contributed by atoms with van der Waals surface area (Å²) in [6, 6.07) is 138. The molecule has 20 rings (SSSR count). The molecule has 141 heavy (non-hydrogen) atoms. The molecule has 11 aromatic carbocycles. The number of para-hydroxylation sites is 1. The molecule has 19 aromatic rings.